The third kappa shape index (κ3) is 2.99. The van der Waals surface area contributed by atoms with Gasteiger partial charge in [0.15, 0.2) is 0 Å². The molecule has 130 valence electrons. The van der Waals surface area contributed by atoms with Crippen LogP contribution in [0.1, 0.15) is 20.7 Å². The van der Waals surface area contributed by atoms with Gasteiger partial charge in [-0.05, 0) is 0 Å². The van der Waals surface area contributed by atoms with Gasteiger partial charge in [-0.25, -0.2) is 14.0 Å². The topological polar surface area (TPSA) is 177 Å². The van der Waals surface area contributed by atoms with E-state index in [0.29, 0.717) is 12.1 Å². The molecule has 0 spiro atoms. The van der Waals surface area contributed by atoms with E-state index in [4.69, 9.17) is 17.3 Å². The van der Waals surface area contributed by atoms with E-state index in [1.54, 1.807) is 0 Å². The summed E-state index contributed by atoms with van der Waals surface area (Å²) in [6, 6.07) is 1.04. The van der Waals surface area contributed by atoms with E-state index >= 15 is 0 Å². The largest absolute Gasteiger partial charge is 0.478 e. The molecule has 0 saturated carbocycles. The minimum Gasteiger partial charge on any atom is -0.478 e. The van der Waals surface area contributed by atoms with Crippen LogP contribution in [-0.4, -0.2) is 32.1 Å². The van der Waals surface area contributed by atoms with E-state index in [1.165, 1.54) is 0 Å². The van der Waals surface area contributed by atoms with Crippen LogP contribution in [0, 0.1) is 15.9 Å². The van der Waals surface area contributed by atoms with Crippen molar-refractivity contribution in [3.8, 4) is 11.1 Å². The Morgan fingerprint density at radius 2 is 1.80 bits per heavy atom. The highest BCUT2D eigenvalue weighted by Gasteiger charge is 2.30. The number of anilines is 1. The molecular weight excluding hydrogens is 365 g/mol. The molecule has 2 rings (SSSR count). The van der Waals surface area contributed by atoms with E-state index in [-0.39, 0.29) is 0 Å². The maximum absolute atomic E-state index is 14.3. The van der Waals surface area contributed by atoms with Crippen molar-refractivity contribution in [1.82, 2.24) is 4.98 Å². The van der Waals surface area contributed by atoms with Crippen LogP contribution in [0.25, 0.3) is 11.1 Å². The van der Waals surface area contributed by atoms with Gasteiger partial charge in [-0.1, -0.05) is 11.6 Å². The molecule has 0 radical (unpaired) electrons. The van der Waals surface area contributed by atoms with Crippen molar-refractivity contribution in [1.29, 1.82) is 0 Å². The third-order valence-corrected chi connectivity index (χ3v) is 3.48. The Labute approximate surface area is 141 Å². The van der Waals surface area contributed by atoms with Crippen molar-refractivity contribution < 1.29 is 29.1 Å². The zero-order chi connectivity index (χ0) is 19.0. The van der Waals surface area contributed by atoms with Gasteiger partial charge >= 0.3 is 11.9 Å². The van der Waals surface area contributed by atoms with Crippen molar-refractivity contribution in [2.45, 2.75) is 0 Å². The molecule has 25 heavy (non-hydrogen) atoms. The first-order valence-electron chi connectivity index (χ1n) is 6.22. The van der Waals surface area contributed by atoms with Crippen molar-refractivity contribution >= 4 is 35.0 Å². The quantitative estimate of drug-likeness (QED) is 0.463. The van der Waals surface area contributed by atoms with E-state index < -0.39 is 67.0 Å². The highest BCUT2D eigenvalue weighted by molar-refractivity contribution is 6.32. The van der Waals surface area contributed by atoms with Crippen molar-refractivity contribution in [2.75, 3.05) is 5.73 Å². The first kappa shape index (κ1) is 17.9. The van der Waals surface area contributed by atoms with Crippen molar-refractivity contribution in [3.05, 3.63) is 54.6 Å². The SMILES string of the molecule is Nc1[nH]c(=O)c(C(=O)O)c(-c2cc([N+](=O)[O-])c(Cl)cc2F)c1C(=O)O. The normalized spacial score (nSPS) is 10.5. The molecule has 0 amide bonds. The number of aromatic carboxylic acids is 2. The number of H-pyrrole nitrogens is 1. The molecule has 0 saturated heterocycles. The highest BCUT2D eigenvalue weighted by Crippen LogP contribution is 2.36. The number of hydrogen-bond donors (Lipinski definition) is 4. The number of halogens is 2. The Hall–Kier alpha value is -3.47. The highest BCUT2D eigenvalue weighted by atomic mass is 35.5. The molecule has 0 aliphatic heterocycles. The monoisotopic (exact) mass is 371 g/mol. The van der Waals surface area contributed by atoms with Gasteiger partial charge < -0.3 is 20.9 Å². The van der Waals surface area contributed by atoms with Gasteiger partial charge in [0.1, 0.15) is 27.8 Å². The van der Waals surface area contributed by atoms with Gasteiger partial charge in [0, 0.05) is 23.3 Å². The van der Waals surface area contributed by atoms with Crippen LogP contribution in [0.15, 0.2) is 16.9 Å². The number of carboxylic acid groups (broad SMARTS) is 2. The number of carboxylic acids is 2. The molecular formula is C13H7ClFN3O7. The summed E-state index contributed by atoms with van der Waals surface area (Å²) in [5, 5.41) is 28.8. The summed E-state index contributed by atoms with van der Waals surface area (Å²) in [7, 11) is 0. The molecule has 2 aromatic rings. The molecule has 10 nitrogen and oxygen atoms in total. The number of benzene rings is 1. The molecule has 1 aromatic heterocycles. The number of aromatic nitrogens is 1. The Balaban J connectivity index is 3.08. The van der Waals surface area contributed by atoms with Gasteiger partial charge in [-0.15, -0.1) is 0 Å². The van der Waals surface area contributed by atoms with Crippen molar-refractivity contribution in [2.24, 2.45) is 0 Å². The lowest BCUT2D eigenvalue weighted by Gasteiger charge is -2.13. The summed E-state index contributed by atoms with van der Waals surface area (Å²) < 4.78 is 14.3. The van der Waals surface area contributed by atoms with Crippen molar-refractivity contribution in [3.63, 3.8) is 0 Å². The van der Waals surface area contributed by atoms with E-state index in [2.05, 4.69) is 0 Å². The molecule has 12 heteroatoms. The average molecular weight is 372 g/mol. The number of hydrogen-bond acceptors (Lipinski definition) is 6. The molecule has 0 bridgehead atoms. The second-order valence-corrected chi connectivity index (χ2v) is 5.05. The van der Waals surface area contributed by atoms with E-state index in [9.17, 15) is 39.1 Å². The number of nitrogens with one attached hydrogen (secondary N) is 1. The van der Waals surface area contributed by atoms with Crippen LogP contribution >= 0.6 is 11.6 Å². The lowest BCUT2D eigenvalue weighted by molar-refractivity contribution is -0.384. The smallest absolute Gasteiger partial charge is 0.342 e. The minimum absolute atomic E-state index is 0.504. The van der Waals surface area contributed by atoms with Crippen LogP contribution < -0.4 is 11.3 Å². The maximum Gasteiger partial charge on any atom is 0.342 e. The molecule has 0 aliphatic carbocycles. The Morgan fingerprint density at radius 1 is 1.24 bits per heavy atom. The fraction of sp³-hybridized carbons (Fsp3) is 0. The summed E-state index contributed by atoms with van der Waals surface area (Å²) >= 11 is 5.54. The zero-order valence-corrected chi connectivity index (χ0v) is 12.6. The van der Waals surface area contributed by atoms with E-state index in [1.807, 2.05) is 4.98 Å². The predicted octanol–water partition coefficient (Wildman–Crippen LogP) is 1.72. The van der Waals surface area contributed by atoms with E-state index in [0.717, 1.165) is 0 Å². The molecule has 5 N–H and O–H groups in total. The second kappa shape index (κ2) is 6.20. The zero-order valence-electron chi connectivity index (χ0n) is 11.9. The molecule has 1 heterocycles. The number of aromatic amines is 1. The summed E-state index contributed by atoms with van der Waals surface area (Å²) in [6.45, 7) is 0. The van der Waals surface area contributed by atoms with Crippen LogP contribution in [0.2, 0.25) is 5.02 Å². The third-order valence-electron chi connectivity index (χ3n) is 3.17. The predicted molar refractivity (Wildman–Crippen MR) is 82.5 cm³/mol. The Bertz CT molecular complexity index is 1000. The molecule has 1 aromatic carbocycles. The van der Waals surface area contributed by atoms with Crippen LogP contribution in [0.4, 0.5) is 15.9 Å². The number of carbonyl (C=O) groups is 2. The number of rotatable bonds is 4. The second-order valence-electron chi connectivity index (χ2n) is 4.64. The number of nitrogen functional groups attached to an aromatic ring is 1. The van der Waals surface area contributed by atoms with Crippen LogP contribution in [0.5, 0.6) is 0 Å². The van der Waals surface area contributed by atoms with Crippen LogP contribution in [-0.2, 0) is 0 Å². The lowest BCUT2D eigenvalue weighted by atomic mass is 9.94. The summed E-state index contributed by atoms with van der Waals surface area (Å²) in [5.74, 6) is -5.67. The number of pyridine rings is 1. The number of nitrogens with zero attached hydrogens (tertiary/aromatic N) is 1. The summed E-state index contributed by atoms with van der Waals surface area (Å²) in [5.41, 5.74) is -0.504. The Morgan fingerprint density at radius 3 is 2.28 bits per heavy atom. The fourth-order valence-corrected chi connectivity index (χ4v) is 2.40. The maximum atomic E-state index is 14.3. The van der Waals surface area contributed by atoms with Gasteiger partial charge in [0.2, 0.25) is 0 Å². The van der Waals surface area contributed by atoms with Crippen LogP contribution in [0.3, 0.4) is 0 Å². The first-order valence-corrected chi connectivity index (χ1v) is 6.60. The molecule has 0 atom stereocenters. The van der Waals surface area contributed by atoms with Gasteiger partial charge in [0.05, 0.1) is 4.92 Å². The fourth-order valence-electron chi connectivity index (χ4n) is 2.19. The molecule has 0 unspecified atom stereocenters. The summed E-state index contributed by atoms with van der Waals surface area (Å²) in [4.78, 5) is 46.4. The van der Waals surface area contributed by atoms with Gasteiger partial charge in [-0.3, -0.25) is 14.9 Å². The standard InChI is InChI=1S/C13H7ClFN3O7/c14-4-2-5(15)3(1-6(4)18(24)25)7-8(12(20)21)10(16)17-11(19)9(7)13(22)23/h1-2H,(H,20,21)(H,22,23)(H3,16,17,19). The number of nitro groups is 1. The Kier molecular flexibility index (Phi) is 4.44. The lowest BCUT2D eigenvalue weighted by Crippen LogP contribution is -2.24. The number of nitro benzene ring substituents is 1. The molecule has 0 fully saturated rings. The molecule has 0 aliphatic rings. The van der Waals surface area contributed by atoms with Gasteiger partial charge in [0.25, 0.3) is 11.2 Å². The van der Waals surface area contributed by atoms with Gasteiger partial charge in [-0.2, -0.15) is 0 Å². The number of nitrogens with two attached hydrogens (primary N) is 1. The summed E-state index contributed by atoms with van der Waals surface area (Å²) in [6.07, 6.45) is 0. The first-order chi connectivity index (χ1) is 11.6. The minimum atomic E-state index is -1.88. The average Bonchev–Trinajstić information content (AvgIpc) is 2.44.